The van der Waals surface area contributed by atoms with Crippen molar-refractivity contribution in [1.29, 1.82) is 0 Å². The normalized spacial score (nSPS) is 23.9. The fourth-order valence-corrected chi connectivity index (χ4v) is 5.17. The van der Waals surface area contributed by atoms with Gasteiger partial charge >= 0.3 is 10.2 Å². The van der Waals surface area contributed by atoms with Gasteiger partial charge in [-0.15, -0.1) is 0 Å². The van der Waals surface area contributed by atoms with Gasteiger partial charge in [0.05, 0.1) is 11.4 Å². The summed E-state index contributed by atoms with van der Waals surface area (Å²) in [6.45, 7) is 3.10. The second-order valence-electron chi connectivity index (χ2n) is 5.64. The smallest absolute Gasteiger partial charge is 0.304 e. The summed E-state index contributed by atoms with van der Waals surface area (Å²) < 4.78 is 29.0. The van der Waals surface area contributed by atoms with Gasteiger partial charge in [0.1, 0.15) is 0 Å². The Labute approximate surface area is 120 Å². The van der Waals surface area contributed by atoms with E-state index in [0.717, 1.165) is 31.2 Å². The maximum Gasteiger partial charge on any atom is 0.304 e. The zero-order valence-corrected chi connectivity index (χ0v) is 12.6. The summed E-state index contributed by atoms with van der Waals surface area (Å²) in [6, 6.07) is 5.68. The van der Waals surface area contributed by atoms with Gasteiger partial charge in [-0.25, -0.2) is 0 Å². The molecule has 0 saturated carbocycles. The van der Waals surface area contributed by atoms with E-state index in [1.807, 2.05) is 19.1 Å². The summed E-state index contributed by atoms with van der Waals surface area (Å²) in [4.78, 5) is 0. The molecule has 0 spiro atoms. The lowest BCUT2D eigenvalue weighted by molar-refractivity contribution is 0.268. The topological polar surface area (TPSA) is 66.6 Å². The van der Waals surface area contributed by atoms with E-state index in [-0.39, 0.29) is 6.04 Å². The number of benzene rings is 1. The average molecular weight is 295 g/mol. The average Bonchev–Trinajstić information content (AvgIpc) is 2.85. The van der Waals surface area contributed by atoms with E-state index in [0.29, 0.717) is 24.5 Å². The maximum atomic E-state index is 12.9. The zero-order valence-electron chi connectivity index (χ0n) is 11.7. The van der Waals surface area contributed by atoms with Gasteiger partial charge in [0.25, 0.3) is 0 Å². The predicted molar refractivity (Wildman–Crippen MR) is 80.8 cm³/mol. The number of anilines is 2. The molecular weight excluding hydrogens is 274 g/mol. The summed E-state index contributed by atoms with van der Waals surface area (Å²) >= 11 is 0. The van der Waals surface area contributed by atoms with E-state index >= 15 is 0 Å². The number of rotatable bonds is 2. The van der Waals surface area contributed by atoms with Crippen LogP contribution >= 0.6 is 0 Å². The molecule has 1 aromatic rings. The van der Waals surface area contributed by atoms with Crippen molar-refractivity contribution >= 4 is 21.6 Å². The summed E-state index contributed by atoms with van der Waals surface area (Å²) in [7, 11) is -3.46. The van der Waals surface area contributed by atoms with Gasteiger partial charge in [0.15, 0.2) is 0 Å². The van der Waals surface area contributed by atoms with Crippen molar-refractivity contribution in [3.05, 3.63) is 23.8 Å². The Bertz CT molecular complexity index is 615. The fraction of sp³-hybridized carbons (Fsp3) is 0.571. The molecule has 6 heteroatoms. The van der Waals surface area contributed by atoms with Crippen LogP contribution in [0.25, 0.3) is 0 Å². The van der Waals surface area contributed by atoms with Gasteiger partial charge in [0, 0.05) is 19.1 Å². The number of nitrogen functional groups attached to an aromatic ring is 1. The first-order valence-corrected chi connectivity index (χ1v) is 8.58. The first kappa shape index (κ1) is 13.7. The quantitative estimate of drug-likeness (QED) is 0.845. The molecule has 110 valence electrons. The van der Waals surface area contributed by atoms with E-state index < -0.39 is 10.2 Å². The van der Waals surface area contributed by atoms with Crippen molar-refractivity contribution in [1.82, 2.24) is 4.31 Å². The fourth-order valence-electron chi connectivity index (χ4n) is 3.22. The Morgan fingerprint density at radius 1 is 1.25 bits per heavy atom. The minimum absolute atomic E-state index is 0.0720. The summed E-state index contributed by atoms with van der Waals surface area (Å²) in [6.07, 6.45) is 3.71. The molecule has 0 radical (unpaired) electrons. The molecule has 0 amide bonds. The molecule has 1 saturated heterocycles. The van der Waals surface area contributed by atoms with E-state index in [4.69, 9.17) is 5.73 Å². The lowest BCUT2D eigenvalue weighted by Gasteiger charge is -2.36. The molecule has 1 fully saturated rings. The van der Waals surface area contributed by atoms with Crippen LogP contribution in [0.5, 0.6) is 0 Å². The summed E-state index contributed by atoms with van der Waals surface area (Å²) in [5.41, 5.74) is 8.26. The van der Waals surface area contributed by atoms with E-state index in [9.17, 15) is 8.42 Å². The Morgan fingerprint density at radius 2 is 2.05 bits per heavy atom. The van der Waals surface area contributed by atoms with Gasteiger partial charge in [-0.3, -0.25) is 4.31 Å². The number of piperidine rings is 1. The molecule has 3 rings (SSSR count). The van der Waals surface area contributed by atoms with Crippen molar-refractivity contribution in [3.63, 3.8) is 0 Å². The van der Waals surface area contributed by atoms with Crippen molar-refractivity contribution in [2.45, 2.75) is 38.6 Å². The van der Waals surface area contributed by atoms with Gasteiger partial charge in [0.2, 0.25) is 0 Å². The van der Waals surface area contributed by atoms with Crippen molar-refractivity contribution in [2.24, 2.45) is 0 Å². The molecule has 2 aliphatic heterocycles. The third-order valence-corrected chi connectivity index (χ3v) is 6.36. The van der Waals surface area contributed by atoms with Crippen LogP contribution < -0.4 is 10.0 Å². The second kappa shape index (κ2) is 4.93. The minimum atomic E-state index is -3.46. The highest BCUT2D eigenvalue weighted by Crippen LogP contribution is 2.37. The van der Waals surface area contributed by atoms with Crippen molar-refractivity contribution < 1.29 is 8.42 Å². The van der Waals surface area contributed by atoms with E-state index in [1.165, 1.54) is 4.31 Å². The van der Waals surface area contributed by atoms with Crippen LogP contribution in [0.4, 0.5) is 11.4 Å². The SMILES string of the molecule is CC1CCCCN1S(=O)(=O)N1CCc2cccc(N)c21. The summed E-state index contributed by atoms with van der Waals surface area (Å²) in [5.74, 6) is 0. The largest absolute Gasteiger partial charge is 0.397 e. The van der Waals surface area contributed by atoms with Crippen LogP contribution in [-0.2, 0) is 16.6 Å². The molecular formula is C14H21N3O2S. The van der Waals surface area contributed by atoms with Crippen molar-refractivity contribution in [2.75, 3.05) is 23.1 Å². The van der Waals surface area contributed by atoms with Crippen LogP contribution in [-0.4, -0.2) is 31.9 Å². The van der Waals surface area contributed by atoms with Crippen LogP contribution in [0.3, 0.4) is 0 Å². The number of nitrogens with two attached hydrogens (primary N) is 1. The molecule has 2 N–H and O–H groups in total. The number of nitrogens with zero attached hydrogens (tertiary/aromatic N) is 2. The number of hydrogen-bond donors (Lipinski definition) is 1. The Balaban J connectivity index is 1.98. The van der Waals surface area contributed by atoms with Crippen molar-refractivity contribution in [3.8, 4) is 0 Å². The lowest BCUT2D eigenvalue weighted by Crippen LogP contribution is -2.49. The van der Waals surface area contributed by atoms with Crippen LogP contribution in [0, 0.1) is 0 Å². The third-order valence-electron chi connectivity index (χ3n) is 4.30. The monoisotopic (exact) mass is 295 g/mol. The van der Waals surface area contributed by atoms with Gasteiger partial charge in [-0.05, 0) is 37.8 Å². The molecule has 0 aromatic heterocycles. The molecule has 2 heterocycles. The molecule has 0 bridgehead atoms. The molecule has 1 aromatic carbocycles. The number of fused-ring (bicyclic) bond motifs is 1. The second-order valence-corrected chi connectivity index (χ2v) is 7.45. The first-order chi connectivity index (χ1) is 9.51. The molecule has 0 aliphatic carbocycles. The van der Waals surface area contributed by atoms with E-state index in [2.05, 4.69) is 0 Å². The van der Waals surface area contributed by atoms with Gasteiger partial charge in [-0.1, -0.05) is 18.6 Å². The molecule has 20 heavy (non-hydrogen) atoms. The number of para-hydroxylation sites is 1. The highest BCUT2D eigenvalue weighted by molar-refractivity contribution is 7.90. The highest BCUT2D eigenvalue weighted by Gasteiger charge is 2.38. The first-order valence-electron chi connectivity index (χ1n) is 7.18. The Hall–Kier alpha value is -1.27. The Kier molecular flexibility index (Phi) is 3.38. The molecule has 5 nitrogen and oxygen atoms in total. The van der Waals surface area contributed by atoms with Crippen LogP contribution in [0.15, 0.2) is 18.2 Å². The lowest BCUT2D eigenvalue weighted by atomic mass is 10.1. The third kappa shape index (κ3) is 2.07. The molecule has 2 aliphatic rings. The predicted octanol–water partition coefficient (Wildman–Crippen LogP) is 1.75. The number of hydrogen-bond acceptors (Lipinski definition) is 3. The Morgan fingerprint density at radius 3 is 2.80 bits per heavy atom. The summed E-state index contributed by atoms with van der Waals surface area (Å²) in [5, 5.41) is 0. The van der Waals surface area contributed by atoms with E-state index in [1.54, 1.807) is 10.4 Å². The minimum Gasteiger partial charge on any atom is -0.397 e. The maximum absolute atomic E-state index is 12.9. The molecule has 1 atom stereocenters. The van der Waals surface area contributed by atoms with Gasteiger partial charge < -0.3 is 5.73 Å². The van der Waals surface area contributed by atoms with Crippen LogP contribution in [0.1, 0.15) is 31.7 Å². The zero-order chi connectivity index (χ0) is 14.3. The van der Waals surface area contributed by atoms with Gasteiger partial charge in [-0.2, -0.15) is 12.7 Å². The molecule has 1 unspecified atom stereocenters. The highest BCUT2D eigenvalue weighted by atomic mass is 32.2. The standard InChI is InChI=1S/C14H21N3O2S/c1-11-5-2-3-9-16(11)20(18,19)17-10-8-12-6-4-7-13(15)14(12)17/h4,6-7,11H,2-3,5,8-10,15H2,1H3. The van der Waals surface area contributed by atoms with Crippen LogP contribution in [0.2, 0.25) is 0 Å².